The van der Waals surface area contributed by atoms with E-state index in [1.165, 1.54) is 18.6 Å². The molecule has 0 bridgehead atoms. The fraction of sp³-hybridized carbons (Fsp3) is 0.500. The van der Waals surface area contributed by atoms with Crippen molar-refractivity contribution in [2.24, 2.45) is 11.8 Å². The van der Waals surface area contributed by atoms with Crippen molar-refractivity contribution in [1.82, 2.24) is 14.8 Å². The van der Waals surface area contributed by atoms with Gasteiger partial charge in [0.15, 0.2) is 5.78 Å². The molecule has 8 heteroatoms. The van der Waals surface area contributed by atoms with E-state index in [2.05, 4.69) is 5.32 Å². The van der Waals surface area contributed by atoms with E-state index < -0.39 is 17.7 Å². The zero-order chi connectivity index (χ0) is 29.8. The van der Waals surface area contributed by atoms with Crippen molar-refractivity contribution < 1.29 is 18.4 Å². The fourth-order valence-electron chi connectivity index (χ4n) is 6.82. The lowest BCUT2D eigenvalue weighted by Gasteiger charge is -2.34. The SMILES string of the molecule is CC(C)C(=O)[C@@H](C1CCCCC1)n1ccc2c(C3CCCN(C(=O)CNCc4ccc(F)cc4F)C3)cccc2c1=O. The van der Waals surface area contributed by atoms with Crippen molar-refractivity contribution in [1.29, 1.82) is 0 Å². The Morgan fingerprint density at radius 2 is 1.76 bits per heavy atom. The van der Waals surface area contributed by atoms with Gasteiger partial charge in [0.2, 0.25) is 5.91 Å². The van der Waals surface area contributed by atoms with Gasteiger partial charge in [0.1, 0.15) is 11.6 Å². The highest BCUT2D eigenvalue weighted by Gasteiger charge is 2.33. The van der Waals surface area contributed by atoms with Crippen LogP contribution in [0.4, 0.5) is 8.78 Å². The zero-order valence-corrected chi connectivity index (χ0v) is 24.6. The molecule has 0 radical (unpaired) electrons. The number of carbonyl (C=O) groups is 2. The summed E-state index contributed by atoms with van der Waals surface area (Å²) in [6, 6.07) is 10.8. The number of Topliss-reactive ketones (excluding diaryl/α,β-unsaturated/α-hetero) is 1. The minimum absolute atomic E-state index is 0.0518. The number of rotatable bonds is 9. The van der Waals surface area contributed by atoms with Gasteiger partial charge in [-0.15, -0.1) is 0 Å². The predicted octanol–water partition coefficient (Wildman–Crippen LogP) is 6.12. The number of amides is 1. The molecule has 1 unspecified atom stereocenters. The van der Waals surface area contributed by atoms with Crippen molar-refractivity contribution in [2.45, 2.75) is 77.3 Å². The first-order chi connectivity index (χ1) is 20.2. The quantitative estimate of drug-likeness (QED) is 0.333. The second kappa shape index (κ2) is 13.3. The van der Waals surface area contributed by atoms with Crippen molar-refractivity contribution in [3.05, 3.63) is 81.8 Å². The number of likely N-dealkylation sites (tertiary alicyclic amines) is 1. The summed E-state index contributed by atoms with van der Waals surface area (Å²) in [6.45, 7) is 5.18. The largest absolute Gasteiger partial charge is 0.341 e. The molecule has 42 heavy (non-hydrogen) atoms. The Hall–Kier alpha value is -3.39. The van der Waals surface area contributed by atoms with Crippen LogP contribution in [0.15, 0.2) is 53.5 Å². The molecule has 6 nitrogen and oxygen atoms in total. The number of pyridine rings is 1. The van der Waals surface area contributed by atoms with E-state index in [0.717, 1.165) is 55.5 Å². The summed E-state index contributed by atoms with van der Waals surface area (Å²) in [5.74, 6) is -1.13. The Balaban J connectivity index is 1.33. The topological polar surface area (TPSA) is 71.4 Å². The lowest BCUT2D eigenvalue weighted by atomic mass is 9.80. The van der Waals surface area contributed by atoms with E-state index in [0.29, 0.717) is 24.0 Å². The summed E-state index contributed by atoms with van der Waals surface area (Å²) in [6.07, 6.45) is 8.85. The molecular weight excluding hydrogens is 536 g/mol. The van der Waals surface area contributed by atoms with E-state index in [-0.39, 0.29) is 48.1 Å². The van der Waals surface area contributed by atoms with E-state index in [4.69, 9.17) is 0 Å². The van der Waals surface area contributed by atoms with Crippen molar-refractivity contribution in [3.8, 4) is 0 Å². The molecule has 1 aliphatic heterocycles. The van der Waals surface area contributed by atoms with Crippen LogP contribution in [-0.4, -0.2) is 40.8 Å². The van der Waals surface area contributed by atoms with Gasteiger partial charge in [0, 0.05) is 54.7 Å². The number of fused-ring (bicyclic) bond motifs is 1. The highest BCUT2D eigenvalue weighted by atomic mass is 19.1. The third kappa shape index (κ3) is 6.48. The summed E-state index contributed by atoms with van der Waals surface area (Å²) in [5, 5.41) is 4.47. The van der Waals surface area contributed by atoms with Crippen molar-refractivity contribution >= 4 is 22.5 Å². The van der Waals surface area contributed by atoms with Gasteiger partial charge < -0.3 is 14.8 Å². The van der Waals surface area contributed by atoms with Crippen LogP contribution in [0.3, 0.4) is 0 Å². The summed E-state index contributed by atoms with van der Waals surface area (Å²) in [4.78, 5) is 42.2. The second-order valence-electron chi connectivity index (χ2n) is 12.3. The normalized spacial score (nSPS) is 18.9. The average molecular weight is 578 g/mol. The molecule has 2 aliphatic rings. The molecule has 1 saturated heterocycles. The van der Waals surface area contributed by atoms with E-state index in [1.54, 1.807) is 4.57 Å². The molecule has 1 N–H and O–H groups in total. The Kier molecular flexibility index (Phi) is 9.51. The number of nitrogens with zero attached hydrogens (tertiary/aromatic N) is 2. The Bertz CT molecular complexity index is 1500. The highest BCUT2D eigenvalue weighted by Crippen LogP contribution is 2.36. The number of hydrogen-bond donors (Lipinski definition) is 1. The molecule has 3 aromatic rings. The molecule has 2 atom stereocenters. The molecule has 0 spiro atoms. The molecule has 5 rings (SSSR count). The third-order valence-electron chi connectivity index (χ3n) is 9.08. The van der Waals surface area contributed by atoms with Crippen LogP contribution >= 0.6 is 0 Å². The minimum Gasteiger partial charge on any atom is -0.341 e. The lowest BCUT2D eigenvalue weighted by Crippen LogP contribution is -2.43. The lowest BCUT2D eigenvalue weighted by molar-refractivity contribution is -0.131. The third-order valence-corrected chi connectivity index (χ3v) is 9.08. The maximum absolute atomic E-state index is 13.9. The van der Waals surface area contributed by atoms with Crippen LogP contribution in [0.2, 0.25) is 0 Å². The van der Waals surface area contributed by atoms with Crippen LogP contribution in [0.5, 0.6) is 0 Å². The van der Waals surface area contributed by atoms with Crippen LogP contribution in [0.1, 0.15) is 81.9 Å². The van der Waals surface area contributed by atoms with Gasteiger partial charge in [0.25, 0.3) is 5.56 Å². The summed E-state index contributed by atoms with van der Waals surface area (Å²) in [5.41, 5.74) is 1.22. The van der Waals surface area contributed by atoms with Gasteiger partial charge >= 0.3 is 0 Å². The number of piperidine rings is 1. The highest BCUT2D eigenvalue weighted by molar-refractivity contribution is 5.88. The number of carbonyl (C=O) groups excluding carboxylic acids is 2. The monoisotopic (exact) mass is 577 g/mol. The van der Waals surface area contributed by atoms with Gasteiger partial charge in [-0.25, -0.2) is 8.78 Å². The van der Waals surface area contributed by atoms with E-state index >= 15 is 0 Å². The van der Waals surface area contributed by atoms with Gasteiger partial charge in [-0.05, 0) is 60.7 Å². The summed E-state index contributed by atoms with van der Waals surface area (Å²) < 4.78 is 28.8. The zero-order valence-electron chi connectivity index (χ0n) is 24.6. The Labute approximate surface area is 246 Å². The number of aromatic nitrogens is 1. The molecular formula is C34H41F2N3O3. The molecule has 1 aromatic heterocycles. The second-order valence-corrected chi connectivity index (χ2v) is 12.3. The van der Waals surface area contributed by atoms with Crippen LogP contribution in [-0.2, 0) is 16.1 Å². The first-order valence-electron chi connectivity index (χ1n) is 15.3. The van der Waals surface area contributed by atoms with Gasteiger partial charge in [-0.1, -0.05) is 51.3 Å². The Morgan fingerprint density at radius 1 is 0.976 bits per heavy atom. The van der Waals surface area contributed by atoms with Gasteiger partial charge in [-0.2, -0.15) is 0 Å². The number of hydrogen-bond acceptors (Lipinski definition) is 4. The molecule has 2 fully saturated rings. The van der Waals surface area contributed by atoms with Crippen LogP contribution in [0, 0.1) is 23.5 Å². The maximum Gasteiger partial charge on any atom is 0.259 e. The standard InChI is InChI=1S/C34H41F2N3O3/c1-22(2)33(41)32(23-8-4-3-5-9-23)39-17-15-28-27(11-6-12-29(28)34(39)42)25-10-7-16-38(21-25)31(40)20-37-19-24-13-14-26(35)18-30(24)36/h6,11-15,17-18,22-23,25,32,37H,3-5,7-10,16,19-21H2,1-2H3/t25?,32-/m1/s1. The van der Waals surface area contributed by atoms with Crippen LogP contribution in [0.25, 0.3) is 10.8 Å². The maximum atomic E-state index is 13.9. The van der Waals surface area contributed by atoms with Gasteiger partial charge in [-0.3, -0.25) is 14.4 Å². The van der Waals surface area contributed by atoms with Crippen molar-refractivity contribution in [3.63, 3.8) is 0 Å². The first kappa shape index (κ1) is 30.1. The van der Waals surface area contributed by atoms with E-state index in [1.807, 2.05) is 49.2 Å². The minimum atomic E-state index is -0.637. The number of nitrogens with one attached hydrogen (secondary N) is 1. The first-order valence-corrected chi connectivity index (χ1v) is 15.3. The predicted molar refractivity (Wildman–Crippen MR) is 160 cm³/mol. The fourth-order valence-corrected chi connectivity index (χ4v) is 6.82. The summed E-state index contributed by atoms with van der Waals surface area (Å²) >= 11 is 0. The summed E-state index contributed by atoms with van der Waals surface area (Å²) in [7, 11) is 0. The molecule has 224 valence electrons. The molecule has 1 amide bonds. The smallest absolute Gasteiger partial charge is 0.259 e. The average Bonchev–Trinajstić information content (AvgIpc) is 2.99. The Morgan fingerprint density at radius 3 is 2.50 bits per heavy atom. The van der Waals surface area contributed by atoms with E-state index in [9.17, 15) is 23.2 Å². The molecule has 2 aromatic carbocycles. The number of halogens is 2. The number of benzene rings is 2. The van der Waals surface area contributed by atoms with Gasteiger partial charge in [0.05, 0.1) is 12.6 Å². The molecule has 1 saturated carbocycles. The van der Waals surface area contributed by atoms with Crippen molar-refractivity contribution in [2.75, 3.05) is 19.6 Å². The number of ketones is 1. The van der Waals surface area contributed by atoms with Crippen LogP contribution < -0.4 is 10.9 Å². The molecule has 2 heterocycles. The molecule has 1 aliphatic carbocycles.